The summed E-state index contributed by atoms with van der Waals surface area (Å²) < 4.78 is 0. The lowest BCUT2D eigenvalue weighted by atomic mass is 9.90. The number of piperidine rings is 1. The number of likely N-dealkylation sites (tertiary alicyclic amines) is 1. The van der Waals surface area contributed by atoms with Crippen LogP contribution in [0.15, 0.2) is 0 Å². The third-order valence-corrected chi connectivity index (χ3v) is 3.53. The van der Waals surface area contributed by atoms with Gasteiger partial charge in [-0.2, -0.15) is 0 Å². The monoisotopic (exact) mass is 199 g/mol. The average Bonchev–Trinajstić information content (AvgIpc) is 2.95. The highest BCUT2D eigenvalue weighted by Crippen LogP contribution is 2.37. The van der Waals surface area contributed by atoms with Gasteiger partial charge in [0.25, 0.3) is 0 Å². The maximum absolute atomic E-state index is 9.84. The Kier molecular flexibility index (Phi) is 3.42. The minimum Gasteiger partial charge on any atom is -0.395 e. The first-order chi connectivity index (χ1) is 6.79. The zero-order valence-corrected chi connectivity index (χ0v) is 8.73. The van der Waals surface area contributed by atoms with Gasteiger partial charge < -0.3 is 15.1 Å². The summed E-state index contributed by atoms with van der Waals surface area (Å²) in [5.74, 6) is 1.35. The van der Waals surface area contributed by atoms with E-state index in [1.165, 1.54) is 19.3 Å². The third kappa shape index (κ3) is 2.69. The van der Waals surface area contributed by atoms with Crippen molar-refractivity contribution in [1.82, 2.24) is 4.90 Å². The molecular weight excluding hydrogens is 178 g/mol. The molecule has 14 heavy (non-hydrogen) atoms. The molecule has 0 aromatic heterocycles. The molecule has 1 aliphatic carbocycles. The summed E-state index contributed by atoms with van der Waals surface area (Å²) in [6, 6.07) is 0. The molecule has 1 saturated carbocycles. The van der Waals surface area contributed by atoms with E-state index in [4.69, 9.17) is 5.11 Å². The smallest absolute Gasteiger partial charge is 0.0592 e. The Hall–Kier alpha value is -0.120. The summed E-state index contributed by atoms with van der Waals surface area (Å²) in [6.07, 6.45) is 4.72. The molecule has 0 radical (unpaired) electrons. The van der Waals surface area contributed by atoms with Gasteiger partial charge in [0, 0.05) is 19.6 Å². The van der Waals surface area contributed by atoms with E-state index < -0.39 is 0 Å². The lowest BCUT2D eigenvalue weighted by Gasteiger charge is -2.36. The second-order valence-electron chi connectivity index (χ2n) is 4.82. The van der Waals surface area contributed by atoms with Crippen molar-refractivity contribution < 1.29 is 10.2 Å². The molecule has 2 fully saturated rings. The summed E-state index contributed by atoms with van der Waals surface area (Å²) in [5, 5.41) is 18.7. The lowest BCUT2D eigenvalue weighted by Crippen LogP contribution is -2.44. The standard InChI is InChI=1S/C11H21NO2/c13-6-5-12-4-3-11(14)10(8-12)7-9-1-2-9/h9-11,13-14H,1-8H2/t10-,11+/m0/s1. The molecule has 1 saturated heterocycles. The summed E-state index contributed by atoms with van der Waals surface area (Å²) in [4.78, 5) is 2.28. The molecular formula is C11H21NO2. The van der Waals surface area contributed by atoms with Gasteiger partial charge in [-0.15, -0.1) is 0 Å². The fourth-order valence-corrected chi connectivity index (χ4v) is 2.45. The summed E-state index contributed by atoms with van der Waals surface area (Å²) in [5.41, 5.74) is 0. The van der Waals surface area contributed by atoms with Crippen LogP contribution in [0.5, 0.6) is 0 Å². The Morgan fingerprint density at radius 1 is 1.21 bits per heavy atom. The van der Waals surface area contributed by atoms with Crippen LogP contribution < -0.4 is 0 Å². The second-order valence-corrected chi connectivity index (χ2v) is 4.82. The summed E-state index contributed by atoms with van der Waals surface area (Å²) in [7, 11) is 0. The molecule has 82 valence electrons. The van der Waals surface area contributed by atoms with E-state index in [-0.39, 0.29) is 12.7 Å². The van der Waals surface area contributed by atoms with Crippen LogP contribution in [0.1, 0.15) is 25.7 Å². The number of β-amino-alcohol motifs (C(OH)–C–C–N with tert-alkyl or cyclic N) is 1. The van der Waals surface area contributed by atoms with Crippen LogP contribution in [0.2, 0.25) is 0 Å². The zero-order chi connectivity index (χ0) is 9.97. The molecule has 2 N–H and O–H groups in total. The first-order valence-corrected chi connectivity index (χ1v) is 5.81. The Morgan fingerprint density at radius 2 is 2.00 bits per heavy atom. The number of aliphatic hydroxyl groups is 2. The van der Waals surface area contributed by atoms with E-state index in [2.05, 4.69) is 4.90 Å². The van der Waals surface area contributed by atoms with Gasteiger partial charge in [-0.3, -0.25) is 0 Å². The van der Waals surface area contributed by atoms with Crippen LogP contribution in [-0.2, 0) is 0 Å². The van der Waals surface area contributed by atoms with Gasteiger partial charge in [0.15, 0.2) is 0 Å². The molecule has 0 unspecified atom stereocenters. The number of hydrogen-bond acceptors (Lipinski definition) is 3. The fourth-order valence-electron chi connectivity index (χ4n) is 2.45. The number of hydrogen-bond donors (Lipinski definition) is 2. The predicted molar refractivity (Wildman–Crippen MR) is 55.0 cm³/mol. The van der Waals surface area contributed by atoms with Crippen molar-refractivity contribution in [2.24, 2.45) is 11.8 Å². The second kappa shape index (κ2) is 4.60. The van der Waals surface area contributed by atoms with E-state index in [1.54, 1.807) is 0 Å². The van der Waals surface area contributed by atoms with Gasteiger partial charge in [-0.25, -0.2) is 0 Å². The van der Waals surface area contributed by atoms with E-state index in [1.807, 2.05) is 0 Å². The van der Waals surface area contributed by atoms with E-state index in [0.717, 1.165) is 32.0 Å². The first-order valence-electron chi connectivity index (χ1n) is 5.81. The van der Waals surface area contributed by atoms with Crippen LogP contribution >= 0.6 is 0 Å². The lowest BCUT2D eigenvalue weighted by molar-refractivity contribution is 0.0153. The minimum atomic E-state index is -0.0921. The number of rotatable bonds is 4. The third-order valence-electron chi connectivity index (χ3n) is 3.53. The predicted octanol–water partition coefficient (Wildman–Crippen LogP) is 0.462. The van der Waals surface area contributed by atoms with E-state index in [9.17, 15) is 5.11 Å². The molecule has 0 bridgehead atoms. The molecule has 3 nitrogen and oxygen atoms in total. The largest absolute Gasteiger partial charge is 0.395 e. The van der Waals surface area contributed by atoms with Crippen molar-refractivity contribution in [3.8, 4) is 0 Å². The molecule has 0 aromatic carbocycles. The van der Waals surface area contributed by atoms with Crippen LogP contribution in [0.4, 0.5) is 0 Å². The fraction of sp³-hybridized carbons (Fsp3) is 1.00. The molecule has 0 spiro atoms. The molecule has 1 heterocycles. The van der Waals surface area contributed by atoms with Gasteiger partial charge in [0.05, 0.1) is 12.7 Å². The zero-order valence-electron chi connectivity index (χ0n) is 8.73. The van der Waals surface area contributed by atoms with Crippen molar-refractivity contribution in [2.45, 2.75) is 31.8 Å². The Morgan fingerprint density at radius 3 is 2.64 bits per heavy atom. The highest BCUT2D eigenvalue weighted by Gasteiger charge is 2.32. The van der Waals surface area contributed by atoms with E-state index >= 15 is 0 Å². The van der Waals surface area contributed by atoms with Gasteiger partial charge in [-0.05, 0) is 24.7 Å². The average molecular weight is 199 g/mol. The van der Waals surface area contributed by atoms with Gasteiger partial charge in [0.1, 0.15) is 0 Å². The number of nitrogens with zero attached hydrogens (tertiary/aromatic N) is 1. The molecule has 2 aliphatic rings. The van der Waals surface area contributed by atoms with Crippen molar-refractivity contribution in [2.75, 3.05) is 26.2 Å². The topological polar surface area (TPSA) is 43.7 Å². The molecule has 2 rings (SSSR count). The van der Waals surface area contributed by atoms with Crippen LogP contribution in [0.25, 0.3) is 0 Å². The first kappa shape index (κ1) is 10.4. The number of aliphatic hydroxyl groups excluding tert-OH is 2. The Bertz CT molecular complexity index is 182. The SMILES string of the molecule is OCCN1CC[C@@H](O)[C@@H](CC2CC2)C1. The molecule has 3 heteroatoms. The normalized spacial score (nSPS) is 34.7. The van der Waals surface area contributed by atoms with Crippen molar-refractivity contribution in [1.29, 1.82) is 0 Å². The highest BCUT2D eigenvalue weighted by atomic mass is 16.3. The van der Waals surface area contributed by atoms with Crippen LogP contribution in [0, 0.1) is 11.8 Å². The van der Waals surface area contributed by atoms with Gasteiger partial charge in [-0.1, -0.05) is 12.8 Å². The van der Waals surface area contributed by atoms with Crippen molar-refractivity contribution in [3.05, 3.63) is 0 Å². The Labute approximate surface area is 85.7 Å². The van der Waals surface area contributed by atoms with Crippen LogP contribution in [0.3, 0.4) is 0 Å². The summed E-state index contributed by atoms with van der Waals surface area (Å²) >= 11 is 0. The van der Waals surface area contributed by atoms with Crippen LogP contribution in [-0.4, -0.2) is 47.5 Å². The van der Waals surface area contributed by atoms with Crippen molar-refractivity contribution >= 4 is 0 Å². The molecule has 2 atom stereocenters. The quantitative estimate of drug-likeness (QED) is 0.691. The van der Waals surface area contributed by atoms with E-state index in [0.29, 0.717) is 5.92 Å². The molecule has 0 aromatic rings. The maximum atomic E-state index is 9.84. The minimum absolute atomic E-state index is 0.0921. The summed E-state index contributed by atoms with van der Waals surface area (Å²) in [6.45, 7) is 2.95. The van der Waals surface area contributed by atoms with Gasteiger partial charge >= 0.3 is 0 Å². The highest BCUT2D eigenvalue weighted by molar-refractivity contribution is 4.85. The maximum Gasteiger partial charge on any atom is 0.0592 e. The molecule has 0 amide bonds. The van der Waals surface area contributed by atoms with Gasteiger partial charge in [0.2, 0.25) is 0 Å². The Balaban J connectivity index is 1.79. The van der Waals surface area contributed by atoms with Crippen molar-refractivity contribution in [3.63, 3.8) is 0 Å². The molecule has 1 aliphatic heterocycles.